The third-order valence-corrected chi connectivity index (χ3v) is 3.13. The van der Waals surface area contributed by atoms with Crippen molar-refractivity contribution in [1.82, 2.24) is 4.90 Å². The highest BCUT2D eigenvalue weighted by Crippen LogP contribution is 2.25. The molecule has 4 heteroatoms. The number of hydrogen-bond acceptors (Lipinski definition) is 3. The lowest BCUT2D eigenvalue weighted by atomic mass is 10.00. The fourth-order valence-corrected chi connectivity index (χ4v) is 1.91. The molecule has 0 aliphatic heterocycles. The molecule has 0 saturated heterocycles. The highest BCUT2D eigenvalue weighted by molar-refractivity contribution is 5.76. The van der Waals surface area contributed by atoms with E-state index in [1.807, 2.05) is 12.1 Å². The van der Waals surface area contributed by atoms with E-state index in [0.29, 0.717) is 12.5 Å². The van der Waals surface area contributed by atoms with Gasteiger partial charge in [0.05, 0.1) is 13.7 Å². The van der Waals surface area contributed by atoms with Crippen molar-refractivity contribution in [3.8, 4) is 5.75 Å². The van der Waals surface area contributed by atoms with E-state index in [1.165, 1.54) is 5.56 Å². The van der Waals surface area contributed by atoms with Crippen LogP contribution in [0.1, 0.15) is 37.3 Å². The first-order chi connectivity index (χ1) is 8.99. The molecule has 0 aliphatic carbocycles. The fraction of sp³-hybridized carbons (Fsp3) is 0.533. The van der Waals surface area contributed by atoms with E-state index in [1.54, 1.807) is 19.1 Å². The van der Waals surface area contributed by atoms with Gasteiger partial charge in [0.2, 0.25) is 5.91 Å². The monoisotopic (exact) mass is 265 g/mol. The molecular formula is C15H23NO3. The van der Waals surface area contributed by atoms with Crippen LogP contribution >= 0.6 is 0 Å². The van der Waals surface area contributed by atoms with Gasteiger partial charge >= 0.3 is 0 Å². The van der Waals surface area contributed by atoms with Gasteiger partial charge in [-0.25, -0.2) is 0 Å². The summed E-state index contributed by atoms with van der Waals surface area (Å²) in [5.41, 5.74) is 2.21. The molecule has 0 aromatic heterocycles. The zero-order valence-electron chi connectivity index (χ0n) is 12.1. The van der Waals surface area contributed by atoms with E-state index >= 15 is 0 Å². The van der Waals surface area contributed by atoms with Gasteiger partial charge in [0.25, 0.3) is 0 Å². The van der Waals surface area contributed by atoms with E-state index in [0.717, 1.165) is 11.3 Å². The predicted molar refractivity (Wildman–Crippen MR) is 75.3 cm³/mol. The first-order valence-corrected chi connectivity index (χ1v) is 6.51. The highest BCUT2D eigenvalue weighted by Gasteiger charge is 2.13. The summed E-state index contributed by atoms with van der Waals surface area (Å²) in [6, 6.07) is 6.06. The lowest BCUT2D eigenvalue weighted by molar-refractivity contribution is -0.131. The number of carbonyl (C=O) groups is 1. The predicted octanol–water partition coefficient (Wildman–Crippen LogP) is 2.16. The summed E-state index contributed by atoms with van der Waals surface area (Å²) in [7, 11) is 3.36. The molecule has 0 fully saturated rings. The minimum atomic E-state index is -0.119. The Hall–Kier alpha value is -1.55. The van der Waals surface area contributed by atoms with Crippen LogP contribution in [0.3, 0.4) is 0 Å². The first kappa shape index (κ1) is 15.5. The molecule has 1 aromatic rings. The second-order valence-corrected chi connectivity index (χ2v) is 4.95. The number of aliphatic hydroxyl groups is 1. The van der Waals surface area contributed by atoms with E-state index in [9.17, 15) is 4.79 Å². The molecule has 1 rings (SSSR count). The van der Waals surface area contributed by atoms with Crippen molar-refractivity contribution in [3.63, 3.8) is 0 Å². The molecule has 1 aromatic carbocycles. The quantitative estimate of drug-likeness (QED) is 0.857. The third-order valence-electron chi connectivity index (χ3n) is 3.13. The molecule has 106 valence electrons. The molecular weight excluding hydrogens is 242 g/mol. The molecule has 0 bridgehead atoms. The summed E-state index contributed by atoms with van der Waals surface area (Å²) in [6.45, 7) is 4.63. The molecule has 0 saturated carbocycles. The highest BCUT2D eigenvalue weighted by atomic mass is 16.5. The number of carbonyl (C=O) groups excluding carboxylic acids is 1. The summed E-state index contributed by atoms with van der Waals surface area (Å²) in [6.07, 6.45) is 0.155. The first-order valence-electron chi connectivity index (χ1n) is 6.51. The van der Waals surface area contributed by atoms with Gasteiger partial charge in [0, 0.05) is 25.6 Å². The molecule has 1 amide bonds. The van der Waals surface area contributed by atoms with Crippen molar-refractivity contribution in [2.24, 2.45) is 0 Å². The summed E-state index contributed by atoms with van der Waals surface area (Å²) < 4.78 is 5.33. The van der Waals surface area contributed by atoms with Crippen LogP contribution < -0.4 is 4.74 Å². The van der Waals surface area contributed by atoms with Crippen molar-refractivity contribution in [2.45, 2.75) is 32.7 Å². The number of rotatable bonds is 6. The van der Waals surface area contributed by atoms with Gasteiger partial charge in [-0.1, -0.05) is 26.0 Å². The molecule has 4 nitrogen and oxygen atoms in total. The number of ether oxygens (including phenoxy) is 1. The van der Waals surface area contributed by atoms with Gasteiger partial charge in [0.1, 0.15) is 5.75 Å². The van der Waals surface area contributed by atoms with Crippen LogP contribution in [0.2, 0.25) is 0 Å². The number of amides is 1. The average Bonchev–Trinajstić information content (AvgIpc) is 2.38. The maximum atomic E-state index is 11.7. The van der Waals surface area contributed by atoms with Crippen molar-refractivity contribution < 1.29 is 14.6 Å². The second kappa shape index (κ2) is 7.14. The molecule has 0 radical (unpaired) electrons. The van der Waals surface area contributed by atoms with Gasteiger partial charge in [0.15, 0.2) is 0 Å². The van der Waals surface area contributed by atoms with Crippen LogP contribution in [0.5, 0.6) is 5.75 Å². The molecule has 0 atom stereocenters. The van der Waals surface area contributed by atoms with Crippen LogP contribution in [-0.4, -0.2) is 36.7 Å². The number of methoxy groups -OCH3 is 1. The van der Waals surface area contributed by atoms with E-state index in [4.69, 9.17) is 9.84 Å². The van der Waals surface area contributed by atoms with Crippen LogP contribution in [0.25, 0.3) is 0 Å². The van der Waals surface area contributed by atoms with E-state index in [-0.39, 0.29) is 18.9 Å². The number of hydrogen-bond donors (Lipinski definition) is 1. The average molecular weight is 265 g/mol. The van der Waals surface area contributed by atoms with Crippen LogP contribution in [0, 0.1) is 0 Å². The SMILES string of the molecule is COc1ccc(C(C)C)cc1CN(C)C(=O)CCO. The third kappa shape index (κ3) is 4.24. The van der Waals surface area contributed by atoms with E-state index < -0.39 is 0 Å². The Kier molecular flexibility index (Phi) is 5.83. The van der Waals surface area contributed by atoms with Crippen molar-refractivity contribution in [1.29, 1.82) is 0 Å². The maximum Gasteiger partial charge on any atom is 0.224 e. The number of nitrogens with zero attached hydrogens (tertiary/aromatic N) is 1. The zero-order valence-corrected chi connectivity index (χ0v) is 12.1. The van der Waals surface area contributed by atoms with Gasteiger partial charge < -0.3 is 14.7 Å². The van der Waals surface area contributed by atoms with Gasteiger partial charge in [-0.05, 0) is 17.5 Å². The number of benzene rings is 1. The Morgan fingerprint density at radius 3 is 2.63 bits per heavy atom. The lowest BCUT2D eigenvalue weighted by Gasteiger charge is -2.20. The van der Waals surface area contributed by atoms with Crippen LogP contribution in [-0.2, 0) is 11.3 Å². The Balaban J connectivity index is 2.91. The van der Waals surface area contributed by atoms with Crippen LogP contribution in [0.15, 0.2) is 18.2 Å². The second-order valence-electron chi connectivity index (χ2n) is 4.95. The van der Waals surface area contributed by atoms with Gasteiger partial charge in [-0.3, -0.25) is 4.79 Å². The molecule has 19 heavy (non-hydrogen) atoms. The fourth-order valence-electron chi connectivity index (χ4n) is 1.91. The normalized spacial score (nSPS) is 10.6. The number of aliphatic hydroxyl groups excluding tert-OH is 1. The molecule has 0 unspecified atom stereocenters. The summed E-state index contributed by atoms with van der Waals surface area (Å²) in [5, 5.41) is 8.80. The Morgan fingerprint density at radius 1 is 1.42 bits per heavy atom. The van der Waals surface area contributed by atoms with Gasteiger partial charge in [-0.2, -0.15) is 0 Å². The summed E-state index contributed by atoms with van der Waals surface area (Å²) in [5.74, 6) is 1.15. The Labute approximate surface area is 115 Å². The smallest absolute Gasteiger partial charge is 0.224 e. The lowest BCUT2D eigenvalue weighted by Crippen LogP contribution is -2.27. The maximum absolute atomic E-state index is 11.7. The van der Waals surface area contributed by atoms with Crippen molar-refractivity contribution in [3.05, 3.63) is 29.3 Å². The van der Waals surface area contributed by atoms with Crippen LogP contribution in [0.4, 0.5) is 0 Å². The standard InChI is InChI=1S/C15H23NO3/c1-11(2)12-5-6-14(19-4)13(9-12)10-16(3)15(18)7-8-17/h5-6,9,11,17H,7-8,10H2,1-4H3. The largest absolute Gasteiger partial charge is 0.496 e. The molecule has 1 N–H and O–H groups in total. The molecule has 0 spiro atoms. The minimum absolute atomic E-state index is 0.0699. The zero-order chi connectivity index (χ0) is 14.4. The molecule has 0 aliphatic rings. The summed E-state index contributed by atoms with van der Waals surface area (Å²) >= 11 is 0. The minimum Gasteiger partial charge on any atom is -0.496 e. The Bertz CT molecular complexity index is 429. The Morgan fingerprint density at radius 2 is 2.11 bits per heavy atom. The van der Waals surface area contributed by atoms with Crippen molar-refractivity contribution in [2.75, 3.05) is 20.8 Å². The van der Waals surface area contributed by atoms with Crippen molar-refractivity contribution >= 4 is 5.91 Å². The van der Waals surface area contributed by atoms with Gasteiger partial charge in [-0.15, -0.1) is 0 Å². The summed E-state index contributed by atoms with van der Waals surface area (Å²) in [4.78, 5) is 13.3. The molecule has 0 heterocycles. The topological polar surface area (TPSA) is 49.8 Å². The van der Waals surface area contributed by atoms with E-state index in [2.05, 4.69) is 19.9 Å².